The number of carbonyl (C=O) groups excluding carboxylic acids is 1. The zero-order chi connectivity index (χ0) is 23.0. The molecule has 0 aliphatic heterocycles. The summed E-state index contributed by atoms with van der Waals surface area (Å²) < 4.78 is 1.19. The fraction of sp³-hybridized carbons (Fsp3) is 0.148. The summed E-state index contributed by atoms with van der Waals surface area (Å²) in [4.78, 5) is 24.8. The number of amides is 1. The quantitative estimate of drug-likeness (QED) is 0.409. The topological polar surface area (TPSA) is 64.0 Å². The molecule has 0 spiro atoms. The maximum atomic E-state index is 12.6. The number of hydrogen-bond donors (Lipinski definition) is 1. The number of aromatic nitrogens is 2. The van der Waals surface area contributed by atoms with Crippen molar-refractivity contribution >= 4 is 17.5 Å². The zero-order valence-electron chi connectivity index (χ0n) is 18.0. The second kappa shape index (κ2) is 10.7. The summed E-state index contributed by atoms with van der Waals surface area (Å²) >= 11 is 5.94. The van der Waals surface area contributed by atoms with E-state index in [-0.39, 0.29) is 23.9 Å². The normalized spacial score (nSPS) is 10.8. The van der Waals surface area contributed by atoms with Crippen molar-refractivity contribution < 1.29 is 4.79 Å². The summed E-state index contributed by atoms with van der Waals surface area (Å²) in [5, 5.41) is 7.91. The first kappa shape index (κ1) is 22.5. The minimum absolute atomic E-state index is 0.137. The Balaban J connectivity index is 1.41. The Hall–Kier alpha value is -3.70. The third-order valence-electron chi connectivity index (χ3n) is 5.46. The fourth-order valence-electron chi connectivity index (χ4n) is 3.78. The van der Waals surface area contributed by atoms with Gasteiger partial charge in [-0.1, -0.05) is 84.4 Å². The first-order chi connectivity index (χ1) is 16.1. The predicted molar refractivity (Wildman–Crippen MR) is 131 cm³/mol. The van der Waals surface area contributed by atoms with Crippen molar-refractivity contribution in [3.05, 3.63) is 124 Å². The lowest BCUT2D eigenvalue weighted by molar-refractivity contribution is -0.121. The monoisotopic (exact) mass is 457 g/mol. The van der Waals surface area contributed by atoms with E-state index in [0.717, 1.165) is 12.0 Å². The molecule has 3 aromatic carbocycles. The molecule has 0 aliphatic carbocycles. The third-order valence-corrected chi connectivity index (χ3v) is 5.71. The van der Waals surface area contributed by atoms with Crippen LogP contribution in [0.15, 0.2) is 102 Å². The van der Waals surface area contributed by atoms with Crippen LogP contribution in [0, 0.1) is 0 Å². The molecule has 166 valence electrons. The lowest BCUT2D eigenvalue weighted by Crippen LogP contribution is -2.34. The SMILES string of the molecule is O=C(Cn1nc(-c2ccc(Cl)cc2)ccc1=O)NCCC(c1ccccc1)c1ccccc1. The van der Waals surface area contributed by atoms with Gasteiger partial charge in [0.1, 0.15) is 6.54 Å². The van der Waals surface area contributed by atoms with E-state index in [1.165, 1.54) is 21.9 Å². The average molecular weight is 458 g/mol. The van der Waals surface area contributed by atoms with Gasteiger partial charge in [0.25, 0.3) is 5.56 Å². The van der Waals surface area contributed by atoms with Crippen LogP contribution in [-0.2, 0) is 11.3 Å². The molecule has 1 N–H and O–H groups in total. The van der Waals surface area contributed by atoms with Gasteiger partial charge in [-0.3, -0.25) is 9.59 Å². The first-order valence-electron chi connectivity index (χ1n) is 10.8. The highest BCUT2D eigenvalue weighted by molar-refractivity contribution is 6.30. The van der Waals surface area contributed by atoms with E-state index >= 15 is 0 Å². The largest absolute Gasteiger partial charge is 0.354 e. The molecule has 0 fully saturated rings. The van der Waals surface area contributed by atoms with E-state index in [9.17, 15) is 9.59 Å². The van der Waals surface area contributed by atoms with Crippen molar-refractivity contribution in [1.29, 1.82) is 0 Å². The van der Waals surface area contributed by atoms with Gasteiger partial charge in [-0.25, -0.2) is 4.68 Å². The molecular weight excluding hydrogens is 434 g/mol. The van der Waals surface area contributed by atoms with Gasteiger partial charge in [0.2, 0.25) is 5.91 Å². The summed E-state index contributed by atoms with van der Waals surface area (Å²) in [5.74, 6) is -0.0838. The molecule has 0 saturated heterocycles. The van der Waals surface area contributed by atoms with Crippen molar-refractivity contribution in [2.24, 2.45) is 0 Å². The number of nitrogens with one attached hydrogen (secondary N) is 1. The molecule has 0 radical (unpaired) electrons. The minimum Gasteiger partial charge on any atom is -0.354 e. The van der Waals surface area contributed by atoms with Crippen LogP contribution in [0.25, 0.3) is 11.3 Å². The van der Waals surface area contributed by atoms with Gasteiger partial charge in [0, 0.05) is 29.1 Å². The number of rotatable bonds is 8. The molecule has 0 aliphatic rings. The average Bonchev–Trinajstić information content (AvgIpc) is 2.85. The molecule has 0 bridgehead atoms. The molecule has 4 aromatic rings. The van der Waals surface area contributed by atoms with Crippen molar-refractivity contribution in [2.75, 3.05) is 6.54 Å². The Bertz CT molecular complexity index is 1220. The van der Waals surface area contributed by atoms with Crippen LogP contribution in [0.5, 0.6) is 0 Å². The number of halogens is 1. The molecule has 4 rings (SSSR count). The minimum atomic E-state index is -0.325. The van der Waals surface area contributed by atoms with Crippen LogP contribution in [0.1, 0.15) is 23.5 Å². The highest BCUT2D eigenvalue weighted by Gasteiger charge is 2.15. The van der Waals surface area contributed by atoms with Gasteiger partial charge in [-0.15, -0.1) is 0 Å². The fourth-order valence-corrected chi connectivity index (χ4v) is 3.91. The number of nitrogens with zero attached hydrogens (tertiary/aromatic N) is 2. The van der Waals surface area contributed by atoms with Crippen LogP contribution in [0.3, 0.4) is 0 Å². The summed E-state index contributed by atoms with van der Waals surface area (Å²) in [7, 11) is 0. The van der Waals surface area contributed by atoms with Crippen molar-refractivity contribution in [1.82, 2.24) is 15.1 Å². The van der Waals surface area contributed by atoms with E-state index in [4.69, 9.17) is 11.6 Å². The molecule has 33 heavy (non-hydrogen) atoms. The summed E-state index contributed by atoms with van der Waals surface area (Å²) in [6.07, 6.45) is 0.743. The first-order valence-corrected chi connectivity index (χ1v) is 11.2. The van der Waals surface area contributed by atoms with E-state index in [2.05, 4.69) is 34.7 Å². The van der Waals surface area contributed by atoms with Crippen molar-refractivity contribution in [3.8, 4) is 11.3 Å². The van der Waals surface area contributed by atoms with Crippen molar-refractivity contribution in [2.45, 2.75) is 18.9 Å². The van der Waals surface area contributed by atoms with Gasteiger partial charge in [-0.2, -0.15) is 5.10 Å². The van der Waals surface area contributed by atoms with Crippen LogP contribution in [0.4, 0.5) is 0 Å². The Labute approximate surface area is 197 Å². The smallest absolute Gasteiger partial charge is 0.267 e. The van der Waals surface area contributed by atoms with Gasteiger partial charge in [0.15, 0.2) is 0 Å². The number of carbonyl (C=O) groups is 1. The lowest BCUT2D eigenvalue weighted by atomic mass is 9.88. The van der Waals surface area contributed by atoms with E-state index in [1.54, 1.807) is 18.2 Å². The van der Waals surface area contributed by atoms with Gasteiger partial charge >= 0.3 is 0 Å². The molecule has 6 heteroatoms. The molecule has 0 saturated carbocycles. The Morgan fingerprint density at radius 2 is 1.45 bits per heavy atom. The van der Waals surface area contributed by atoms with Crippen LogP contribution in [0.2, 0.25) is 5.02 Å². The summed E-state index contributed by atoms with van der Waals surface area (Å²) in [6, 6.07) is 30.7. The van der Waals surface area contributed by atoms with Crippen LogP contribution >= 0.6 is 11.6 Å². The van der Waals surface area contributed by atoms with Gasteiger partial charge < -0.3 is 5.32 Å². The van der Waals surface area contributed by atoms with E-state index in [1.807, 2.05) is 48.5 Å². The predicted octanol–water partition coefficient (Wildman–Crippen LogP) is 4.90. The number of hydrogen-bond acceptors (Lipinski definition) is 3. The molecule has 1 heterocycles. The number of benzene rings is 3. The molecule has 0 atom stereocenters. The zero-order valence-corrected chi connectivity index (χ0v) is 18.8. The summed E-state index contributed by atoms with van der Waals surface area (Å²) in [6.45, 7) is 0.348. The third kappa shape index (κ3) is 5.96. The standard InChI is InChI=1S/C27H24ClN3O2/c28-23-13-11-22(12-14-23)25-15-16-27(33)31(30-25)19-26(32)29-18-17-24(20-7-3-1-4-8-20)21-9-5-2-6-10-21/h1-16,24H,17-19H2,(H,29,32). The Morgan fingerprint density at radius 1 is 0.848 bits per heavy atom. The molecule has 0 unspecified atom stereocenters. The van der Waals surface area contributed by atoms with E-state index < -0.39 is 0 Å². The van der Waals surface area contributed by atoms with Gasteiger partial charge in [0.05, 0.1) is 5.69 Å². The molecular formula is C27H24ClN3O2. The highest BCUT2D eigenvalue weighted by Crippen LogP contribution is 2.27. The second-order valence-corrected chi connectivity index (χ2v) is 8.17. The maximum Gasteiger partial charge on any atom is 0.267 e. The molecule has 1 amide bonds. The highest BCUT2D eigenvalue weighted by atomic mass is 35.5. The van der Waals surface area contributed by atoms with E-state index in [0.29, 0.717) is 17.3 Å². The molecule has 5 nitrogen and oxygen atoms in total. The maximum absolute atomic E-state index is 12.6. The van der Waals surface area contributed by atoms with Gasteiger partial charge in [-0.05, 0) is 35.7 Å². The Kier molecular flexibility index (Phi) is 7.33. The second-order valence-electron chi connectivity index (χ2n) is 7.73. The van der Waals surface area contributed by atoms with Crippen LogP contribution < -0.4 is 10.9 Å². The van der Waals surface area contributed by atoms with Crippen molar-refractivity contribution in [3.63, 3.8) is 0 Å². The van der Waals surface area contributed by atoms with Crippen LogP contribution in [-0.4, -0.2) is 22.2 Å². The summed E-state index contributed by atoms with van der Waals surface area (Å²) in [5.41, 5.74) is 3.50. The lowest BCUT2D eigenvalue weighted by Gasteiger charge is -2.18. The molecule has 1 aromatic heterocycles. The Morgan fingerprint density at radius 3 is 2.06 bits per heavy atom.